The maximum absolute atomic E-state index is 12.6. The minimum Gasteiger partial charge on any atom is -0.480 e. The van der Waals surface area contributed by atoms with Gasteiger partial charge in [-0.15, -0.1) is 0 Å². The zero-order valence-corrected chi connectivity index (χ0v) is 10.9. The van der Waals surface area contributed by atoms with Gasteiger partial charge in [0, 0.05) is 12.6 Å². The van der Waals surface area contributed by atoms with E-state index in [0.717, 1.165) is 32.1 Å². The zero-order chi connectivity index (χ0) is 13.3. The van der Waals surface area contributed by atoms with Gasteiger partial charge in [0.1, 0.15) is 6.04 Å². The van der Waals surface area contributed by atoms with Gasteiger partial charge >= 0.3 is 5.97 Å². The van der Waals surface area contributed by atoms with Gasteiger partial charge in [-0.3, -0.25) is 4.79 Å². The Morgan fingerprint density at radius 2 is 2.00 bits per heavy atom. The normalized spacial score (nSPS) is 36.7. The topological polar surface area (TPSA) is 83.6 Å². The van der Waals surface area contributed by atoms with E-state index in [1.165, 1.54) is 0 Å². The first-order chi connectivity index (χ1) is 8.47. The monoisotopic (exact) mass is 254 g/mol. The Bertz CT molecular complexity index is 358. The molecule has 1 saturated heterocycles. The van der Waals surface area contributed by atoms with E-state index in [-0.39, 0.29) is 11.9 Å². The van der Waals surface area contributed by atoms with Crippen LogP contribution >= 0.6 is 0 Å². The quantitative estimate of drug-likeness (QED) is 0.769. The van der Waals surface area contributed by atoms with Crippen LogP contribution in [0.1, 0.15) is 45.4 Å². The number of nitrogens with two attached hydrogens (primary N) is 1. The van der Waals surface area contributed by atoms with Gasteiger partial charge in [0.2, 0.25) is 5.91 Å². The highest BCUT2D eigenvalue weighted by molar-refractivity contribution is 5.88. The summed E-state index contributed by atoms with van der Waals surface area (Å²) in [7, 11) is 0. The van der Waals surface area contributed by atoms with Gasteiger partial charge in [-0.2, -0.15) is 0 Å². The lowest BCUT2D eigenvalue weighted by Gasteiger charge is -2.39. The fourth-order valence-corrected chi connectivity index (χ4v) is 3.22. The van der Waals surface area contributed by atoms with Gasteiger partial charge in [-0.1, -0.05) is 6.42 Å². The molecular formula is C13H22N2O3. The lowest BCUT2D eigenvalue weighted by atomic mass is 9.82. The summed E-state index contributed by atoms with van der Waals surface area (Å²) in [5.41, 5.74) is 5.48. The van der Waals surface area contributed by atoms with Crippen molar-refractivity contribution in [2.24, 2.45) is 11.1 Å². The highest BCUT2D eigenvalue weighted by Gasteiger charge is 2.47. The van der Waals surface area contributed by atoms with Gasteiger partial charge in [-0.25, -0.2) is 4.79 Å². The molecule has 2 rings (SSSR count). The maximum Gasteiger partial charge on any atom is 0.326 e. The number of nitrogens with zero attached hydrogens (tertiary/aromatic N) is 1. The van der Waals surface area contributed by atoms with Crippen LogP contribution in [-0.2, 0) is 9.59 Å². The molecule has 0 radical (unpaired) electrons. The van der Waals surface area contributed by atoms with Crippen LogP contribution in [-0.4, -0.2) is 40.5 Å². The minimum absolute atomic E-state index is 0.0559. The summed E-state index contributed by atoms with van der Waals surface area (Å²) in [6.45, 7) is 2.44. The zero-order valence-electron chi connectivity index (χ0n) is 10.9. The van der Waals surface area contributed by atoms with Crippen LogP contribution in [0.3, 0.4) is 0 Å². The molecule has 5 nitrogen and oxygen atoms in total. The van der Waals surface area contributed by atoms with Crippen molar-refractivity contribution in [3.05, 3.63) is 0 Å². The third-order valence-electron chi connectivity index (χ3n) is 4.57. The molecule has 1 amide bonds. The molecule has 1 saturated carbocycles. The number of carboxylic acids is 1. The minimum atomic E-state index is -0.891. The van der Waals surface area contributed by atoms with E-state index in [4.69, 9.17) is 5.73 Å². The molecule has 1 aliphatic carbocycles. The van der Waals surface area contributed by atoms with Crippen molar-refractivity contribution in [1.29, 1.82) is 0 Å². The van der Waals surface area contributed by atoms with Crippen molar-refractivity contribution in [2.45, 2.75) is 57.5 Å². The van der Waals surface area contributed by atoms with Crippen molar-refractivity contribution in [2.75, 3.05) is 6.54 Å². The van der Waals surface area contributed by atoms with Crippen molar-refractivity contribution in [3.63, 3.8) is 0 Å². The van der Waals surface area contributed by atoms with Gasteiger partial charge in [-0.05, 0) is 39.0 Å². The van der Waals surface area contributed by atoms with Crippen LogP contribution in [0.5, 0.6) is 0 Å². The molecule has 0 aromatic rings. The van der Waals surface area contributed by atoms with E-state index >= 15 is 0 Å². The molecule has 0 aromatic carbocycles. The molecule has 3 atom stereocenters. The average molecular weight is 254 g/mol. The highest BCUT2D eigenvalue weighted by Crippen LogP contribution is 2.39. The van der Waals surface area contributed by atoms with Crippen molar-refractivity contribution in [3.8, 4) is 0 Å². The Morgan fingerprint density at radius 1 is 1.28 bits per heavy atom. The third-order valence-corrected chi connectivity index (χ3v) is 4.57. The Morgan fingerprint density at radius 3 is 2.56 bits per heavy atom. The molecule has 1 heterocycles. The van der Waals surface area contributed by atoms with Crippen LogP contribution in [0.4, 0.5) is 0 Å². The van der Waals surface area contributed by atoms with Crippen LogP contribution in [0.2, 0.25) is 0 Å². The number of rotatable bonds is 2. The third kappa shape index (κ3) is 2.11. The molecular weight excluding hydrogens is 232 g/mol. The van der Waals surface area contributed by atoms with Crippen LogP contribution in [0.25, 0.3) is 0 Å². The molecule has 2 fully saturated rings. The lowest BCUT2D eigenvalue weighted by Crippen LogP contribution is -2.56. The second-order valence-corrected chi connectivity index (χ2v) is 5.76. The Hall–Kier alpha value is -1.10. The molecule has 18 heavy (non-hydrogen) atoms. The molecule has 0 bridgehead atoms. The molecule has 102 valence electrons. The van der Waals surface area contributed by atoms with E-state index in [2.05, 4.69) is 0 Å². The van der Waals surface area contributed by atoms with Crippen LogP contribution in [0, 0.1) is 5.41 Å². The fourth-order valence-electron chi connectivity index (χ4n) is 3.22. The number of carbonyl (C=O) groups excluding carboxylic acids is 1. The smallest absolute Gasteiger partial charge is 0.326 e. The second-order valence-electron chi connectivity index (χ2n) is 5.76. The number of aliphatic carboxylic acids is 1. The van der Waals surface area contributed by atoms with Crippen molar-refractivity contribution < 1.29 is 14.7 Å². The SMILES string of the molecule is CC1(C(=O)N2CCCCC2C(=O)O)CCCC1N. The Balaban J connectivity index is 2.18. The van der Waals surface area contributed by atoms with Crippen molar-refractivity contribution >= 4 is 11.9 Å². The molecule has 0 aromatic heterocycles. The van der Waals surface area contributed by atoms with Gasteiger partial charge < -0.3 is 15.7 Å². The van der Waals surface area contributed by atoms with E-state index in [0.29, 0.717) is 13.0 Å². The van der Waals surface area contributed by atoms with E-state index in [1.807, 2.05) is 6.92 Å². The second kappa shape index (κ2) is 4.88. The van der Waals surface area contributed by atoms with E-state index in [9.17, 15) is 14.7 Å². The van der Waals surface area contributed by atoms with Gasteiger partial charge in [0.05, 0.1) is 5.41 Å². The number of carbonyl (C=O) groups is 2. The van der Waals surface area contributed by atoms with Gasteiger partial charge in [0.25, 0.3) is 0 Å². The fraction of sp³-hybridized carbons (Fsp3) is 0.846. The average Bonchev–Trinajstić information content (AvgIpc) is 2.70. The molecule has 0 spiro atoms. The number of amides is 1. The summed E-state index contributed by atoms with van der Waals surface area (Å²) in [6, 6.07) is -0.794. The van der Waals surface area contributed by atoms with E-state index < -0.39 is 17.4 Å². The maximum atomic E-state index is 12.6. The lowest BCUT2D eigenvalue weighted by molar-refractivity contribution is -0.157. The standard InChI is InChI=1S/C13H22N2O3/c1-13(7-4-6-10(13)14)12(18)15-8-3-2-5-9(15)11(16)17/h9-10H,2-8,14H2,1H3,(H,16,17). The van der Waals surface area contributed by atoms with Crippen LogP contribution in [0.15, 0.2) is 0 Å². The largest absolute Gasteiger partial charge is 0.480 e. The highest BCUT2D eigenvalue weighted by atomic mass is 16.4. The number of carboxylic acid groups (broad SMARTS) is 1. The Labute approximate surface area is 107 Å². The first-order valence-corrected chi connectivity index (χ1v) is 6.76. The van der Waals surface area contributed by atoms with Gasteiger partial charge in [0.15, 0.2) is 0 Å². The predicted molar refractivity (Wildman–Crippen MR) is 66.9 cm³/mol. The summed E-state index contributed by atoms with van der Waals surface area (Å²) >= 11 is 0. The predicted octanol–water partition coefficient (Wildman–Crippen LogP) is 0.970. The molecule has 5 heteroatoms. The summed E-state index contributed by atoms with van der Waals surface area (Å²) in [5, 5.41) is 9.23. The number of hydrogen-bond acceptors (Lipinski definition) is 3. The number of likely N-dealkylation sites (tertiary alicyclic amines) is 1. The summed E-state index contributed by atoms with van der Waals surface area (Å²) in [5.74, 6) is -0.946. The molecule has 2 aliphatic rings. The summed E-state index contributed by atoms with van der Waals surface area (Å²) < 4.78 is 0. The first-order valence-electron chi connectivity index (χ1n) is 6.76. The van der Waals surface area contributed by atoms with E-state index in [1.54, 1.807) is 4.90 Å². The van der Waals surface area contributed by atoms with Crippen molar-refractivity contribution in [1.82, 2.24) is 4.90 Å². The first kappa shape index (κ1) is 13.3. The molecule has 3 N–H and O–H groups in total. The van der Waals surface area contributed by atoms with Crippen LogP contribution < -0.4 is 5.73 Å². The molecule has 1 aliphatic heterocycles. The number of hydrogen-bond donors (Lipinski definition) is 2. The number of piperidine rings is 1. The summed E-state index contributed by atoms with van der Waals surface area (Å²) in [6.07, 6.45) is 4.91. The Kier molecular flexibility index (Phi) is 3.61. The summed E-state index contributed by atoms with van der Waals surface area (Å²) in [4.78, 5) is 25.4. The molecule has 3 unspecified atom stereocenters.